The Balaban J connectivity index is 2.52. The van der Waals surface area contributed by atoms with E-state index in [0.717, 1.165) is 12.1 Å². The molecule has 1 atom stereocenters. The standard InChI is InChI=1S/C15H21F2NO2S/c1-4-20-15(19)14(18-10(2)3)7-8-21-11-5-6-12(16)13(17)9-11/h5-6,9-10,14,18H,4,7-8H2,1-3H3. The molecule has 6 heteroatoms. The number of thioether (sulfide) groups is 1. The van der Waals surface area contributed by atoms with Gasteiger partial charge in [-0.15, -0.1) is 11.8 Å². The second-order valence-corrected chi connectivity index (χ2v) is 6.01. The maximum absolute atomic E-state index is 13.1. The summed E-state index contributed by atoms with van der Waals surface area (Å²) in [6, 6.07) is 3.57. The van der Waals surface area contributed by atoms with Crippen LogP contribution in [-0.4, -0.2) is 30.4 Å². The summed E-state index contributed by atoms with van der Waals surface area (Å²) in [4.78, 5) is 12.5. The third kappa shape index (κ3) is 6.44. The zero-order valence-corrected chi connectivity index (χ0v) is 13.3. The van der Waals surface area contributed by atoms with Gasteiger partial charge in [-0.05, 0) is 31.5 Å². The van der Waals surface area contributed by atoms with Crippen molar-refractivity contribution in [1.29, 1.82) is 0 Å². The lowest BCUT2D eigenvalue weighted by Crippen LogP contribution is -2.42. The van der Waals surface area contributed by atoms with Crippen molar-refractivity contribution in [2.75, 3.05) is 12.4 Å². The molecule has 0 aliphatic rings. The molecule has 0 amide bonds. The van der Waals surface area contributed by atoms with Gasteiger partial charge in [-0.2, -0.15) is 0 Å². The van der Waals surface area contributed by atoms with Crippen LogP contribution < -0.4 is 5.32 Å². The van der Waals surface area contributed by atoms with Gasteiger partial charge in [0.25, 0.3) is 0 Å². The smallest absolute Gasteiger partial charge is 0.323 e. The number of nitrogens with one attached hydrogen (secondary N) is 1. The Bertz CT molecular complexity index is 469. The highest BCUT2D eigenvalue weighted by atomic mass is 32.2. The summed E-state index contributed by atoms with van der Waals surface area (Å²) in [5, 5.41) is 3.15. The number of ether oxygens (including phenoxy) is 1. The normalized spacial score (nSPS) is 12.5. The van der Waals surface area contributed by atoms with Crippen molar-refractivity contribution >= 4 is 17.7 Å². The van der Waals surface area contributed by atoms with E-state index in [0.29, 0.717) is 23.7 Å². The first kappa shape index (κ1) is 17.9. The zero-order valence-electron chi connectivity index (χ0n) is 12.5. The van der Waals surface area contributed by atoms with Crippen LogP contribution in [0.4, 0.5) is 8.78 Å². The summed E-state index contributed by atoms with van der Waals surface area (Å²) in [6.07, 6.45) is 0.556. The molecule has 3 nitrogen and oxygen atoms in total. The van der Waals surface area contributed by atoms with Crippen molar-refractivity contribution < 1.29 is 18.3 Å². The van der Waals surface area contributed by atoms with Gasteiger partial charge in [0.05, 0.1) is 6.61 Å². The van der Waals surface area contributed by atoms with Crippen LogP contribution in [0.15, 0.2) is 23.1 Å². The highest BCUT2D eigenvalue weighted by molar-refractivity contribution is 7.99. The first-order valence-corrected chi connectivity index (χ1v) is 7.93. The quantitative estimate of drug-likeness (QED) is 0.589. The van der Waals surface area contributed by atoms with Crippen LogP contribution in [0.25, 0.3) is 0 Å². The molecular formula is C15H21F2NO2S. The number of hydrogen-bond donors (Lipinski definition) is 1. The SMILES string of the molecule is CCOC(=O)C(CCSc1ccc(F)c(F)c1)NC(C)C. The fraction of sp³-hybridized carbons (Fsp3) is 0.533. The number of carbonyl (C=O) groups is 1. The highest BCUT2D eigenvalue weighted by Crippen LogP contribution is 2.21. The topological polar surface area (TPSA) is 38.3 Å². The molecule has 0 spiro atoms. The summed E-state index contributed by atoms with van der Waals surface area (Å²) in [5.41, 5.74) is 0. The summed E-state index contributed by atoms with van der Waals surface area (Å²) >= 11 is 1.38. The fourth-order valence-corrected chi connectivity index (χ4v) is 2.72. The van der Waals surface area contributed by atoms with Crippen molar-refractivity contribution in [2.45, 2.75) is 44.2 Å². The van der Waals surface area contributed by atoms with Gasteiger partial charge in [0.2, 0.25) is 0 Å². The van der Waals surface area contributed by atoms with E-state index < -0.39 is 11.6 Å². The Morgan fingerprint density at radius 1 is 1.33 bits per heavy atom. The van der Waals surface area contributed by atoms with Crippen LogP contribution in [0.3, 0.4) is 0 Å². The van der Waals surface area contributed by atoms with E-state index in [1.54, 1.807) is 6.92 Å². The molecular weight excluding hydrogens is 296 g/mol. The molecule has 0 heterocycles. The number of carbonyl (C=O) groups excluding carboxylic acids is 1. The molecule has 0 bridgehead atoms. The van der Waals surface area contributed by atoms with Gasteiger partial charge in [-0.3, -0.25) is 4.79 Å². The highest BCUT2D eigenvalue weighted by Gasteiger charge is 2.20. The minimum Gasteiger partial charge on any atom is -0.465 e. The van der Waals surface area contributed by atoms with Crippen LogP contribution in [0.5, 0.6) is 0 Å². The van der Waals surface area contributed by atoms with Crippen LogP contribution in [0, 0.1) is 11.6 Å². The molecule has 0 aliphatic heterocycles. The van der Waals surface area contributed by atoms with Crippen molar-refractivity contribution in [3.8, 4) is 0 Å². The van der Waals surface area contributed by atoms with Crippen molar-refractivity contribution in [2.24, 2.45) is 0 Å². The summed E-state index contributed by atoms with van der Waals surface area (Å²) in [5.74, 6) is -1.39. The Kier molecular flexibility index (Phi) is 7.67. The van der Waals surface area contributed by atoms with Gasteiger partial charge < -0.3 is 10.1 Å². The molecule has 0 saturated carbocycles. The molecule has 1 aromatic rings. The molecule has 0 aliphatic carbocycles. The van der Waals surface area contributed by atoms with E-state index in [9.17, 15) is 13.6 Å². The van der Waals surface area contributed by atoms with E-state index in [1.807, 2.05) is 13.8 Å². The van der Waals surface area contributed by atoms with E-state index in [1.165, 1.54) is 17.8 Å². The minimum absolute atomic E-state index is 0.160. The van der Waals surface area contributed by atoms with Gasteiger partial charge in [-0.25, -0.2) is 8.78 Å². The average Bonchev–Trinajstić information content (AvgIpc) is 2.41. The van der Waals surface area contributed by atoms with Gasteiger partial charge >= 0.3 is 5.97 Å². The molecule has 1 rings (SSSR count). The lowest BCUT2D eigenvalue weighted by Gasteiger charge is -2.19. The number of halogens is 2. The minimum atomic E-state index is -0.859. The van der Waals surface area contributed by atoms with Crippen LogP contribution in [0.2, 0.25) is 0 Å². The third-order valence-corrected chi connectivity index (χ3v) is 3.70. The van der Waals surface area contributed by atoms with Crippen LogP contribution in [0.1, 0.15) is 27.2 Å². The predicted molar refractivity (Wildman–Crippen MR) is 80.4 cm³/mol. The molecule has 1 N–H and O–H groups in total. The lowest BCUT2D eigenvalue weighted by molar-refractivity contribution is -0.145. The molecule has 21 heavy (non-hydrogen) atoms. The maximum atomic E-state index is 13.1. The number of benzene rings is 1. The van der Waals surface area contributed by atoms with Gasteiger partial charge in [-0.1, -0.05) is 13.8 Å². The molecule has 1 unspecified atom stereocenters. The summed E-state index contributed by atoms with van der Waals surface area (Å²) in [6.45, 7) is 6.01. The van der Waals surface area contributed by atoms with Crippen LogP contribution >= 0.6 is 11.8 Å². The first-order valence-electron chi connectivity index (χ1n) is 6.94. The Morgan fingerprint density at radius 3 is 2.62 bits per heavy atom. The summed E-state index contributed by atoms with van der Waals surface area (Å²) < 4.78 is 30.9. The predicted octanol–water partition coefficient (Wildman–Crippen LogP) is 3.38. The lowest BCUT2D eigenvalue weighted by atomic mass is 10.2. The number of hydrogen-bond acceptors (Lipinski definition) is 4. The third-order valence-electron chi connectivity index (χ3n) is 2.67. The van der Waals surface area contributed by atoms with E-state index in [2.05, 4.69) is 5.32 Å². The molecule has 0 saturated heterocycles. The zero-order chi connectivity index (χ0) is 15.8. The molecule has 1 aromatic carbocycles. The van der Waals surface area contributed by atoms with Crippen molar-refractivity contribution in [1.82, 2.24) is 5.32 Å². The van der Waals surface area contributed by atoms with Crippen molar-refractivity contribution in [3.63, 3.8) is 0 Å². The molecule has 0 radical (unpaired) electrons. The molecule has 0 fully saturated rings. The van der Waals surface area contributed by atoms with E-state index in [4.69, 9.17) is 4.74 Å². The van der Waals surface area contributed by atoms with E-state index >= 15 is 0 Å². The van der Waals surface area contributed by atoms with Gasteiger partial charge in [0.1, 0.15) is 6.04 Å². The maximum Gasteiger partial charge on any atom is 0.323 e. The van der Waals surface area contributed by atoms with E-state index in [-0.39, 0.29) is 18.1 Å². The van der Waals surface area contributed by atoms with Crippen LogP contribution in [-0.2, 0) is 9.53 Å². The largest absolute Gasteiger partial charge is 0.465 e. The van der Waals surface area contributed by atoms with Crippen molar-refractivity contribution in [3.05, 3.63) is 29.8 Å². The number of rotatable bonds is 8. The first-order chi connectivity index (χ1) is 9.93. The Morgan fingerprint density at radius 2 is 2.05 bits per heavy atom. The Hall–Kier alpha value is -1.14. The summed E-state index contributed by atoms with van der Waals surface area (Å²) in [7, 11) is 0. The molecule has 0 aromatic heterocycles. The monoisotopic (exact) mass is 317 g/mol. The fourth-order valence-electron chi connectivity index (χ4n) is 1.78. The van der Waals surface area contributed by atoms with Gasteiger partial charge in [0, 0.05) is 16.7 Å². The Labute approximate surface area is 128 Å². The number of esters is 1. The average molecular weight is 317 g/mol. The molecule has 118 valence electrons. The second kappa shape index (κ2) is 9.00. The second-order valence-electron chi connectivity index (χ2n) is 4.84. The van der Waals surface area contributed by atoms with Gasteiger partial charge in [0.15, 0.2) is 11.6 Å².